The molecule has 0 bridgehead atoms. The summed E-state index contributed by atoms with van der Waals surface area (Å²) in [6.07, 6.45) is 5.64. The number of piperidine rings is 1. The van der Waals surface area contributed by atoms with E-state index in [1.54, 1.807) is 22.9 Å². The van der Waals surface area contributed by atoms with Crippen LogP contribution in [0.25, 0.3) is 0 Å². The number of aromatic nitrogens is 2. The summed E-state index contributed by atoms with van der Waals surface area (Å²) in [5, 5.41) is 0. The molecule has 0 saturated carbocycles. The van der Waals surface area contributed by atoms with Crippen LogP contribution in [-0.4, -0.2) is 70.3 Å². The summed E-state index contributed by atoms with van der Waals surface area (Å²) in [5.41, 5.74) is 1.04. The monoisotopic (exact) mass is 418 g/mol. The van der Waals surface area contributed by atoms with Crippen LogP contribution < -0.4 is 0 Å². The molecule has 166 valence electrons. The number of hydrogen-bond donors (Lipinski definition) is 0. The standard InChI is InChI=1S/C22H34N4O4/c1-5-30-22(29)18-7-6-10-26(15-18)20(27)9-12-25(11-8-16(2)3)21(28)19-14-23-17(4)13-24-19/h13-14,16,18H,5-12,15H2,1-4H3. The van der Waals surface area contributed by atoms with Crippen molar-refractivity contribution in [1.29, 1.82) is 0 Å². The lowest BCUT2D eigenvalue weighted by Gasteiger charge is -2.32. The normalized spacial score (nSPS) is 16.4. The van der Waals surface area contributed by atoms with Gasteiger partial charge in [-0.15, -0.1) is 0 Å². The first kappa shape index (κ1) is 23.8. The number of carbonyl (C=O) groups is 3. The summed E-state index contributed by atoms with van der Waals surface area (Å²) in [4.78, 5) is 49.5. The van der Waals surface area contributed by atoms with Crippen LogP contribution in [0, 0.1) is 18.8 Å². The smallest absolute Gasteiger partial charge is 0.310 e. The van der Waals surface area contributed by atoms with Crippen LogP contribution in [0.2, 0.25) is 0 Å². The van der Waals surface area contributed by atoms with E-state index in [0.717, 1.165) is 25.0 Å². The van der Waals surface area contributed by atoms with E-state index in [1.807, 2.05) is 6.92 Å². The molecule has 2 heterocycles. The molecule has 0 aromatic carbocycles. The highest BCUT2D eigenvalue weighted by atomic mass is 16.5. The SMILES string of the molecule is CCOC(=O)C1CCCN(C(=O)CCN(CCC(C)C)C(=O)c2cnc(C)cn2)C1. The van der Waals surface area contributed by atoms with Gasteiger partial charge in [0.1, 0.15) is 5.69 Å². The largest absolute Gasteiger partial charge is 0.466 e. The van der Waals surface area contributed by atoms with Gasteiger partial charge in [-0.25, -0.2) is 4.98 Å². The Balaban J connectivity index is 1.97. The molecular formula is C22H34N4O4. The second-order valence-corrected chi connectivity index (χ2v) is 8.20. The number of esters is 1. The number of likely N-dealkylation sites (tertiary alicyclic amines) is 1. The highest BCUT2D eigenvalue weighted by Gasteiger charge is 2.29. The van der Waals surface area contributed by atoms with Crippen molar-refractivity contribution in [2.45, 2.75) is 53.4 Å². The van der Waals surface area contributed by atoms with Crippen LogP contribution >= 0.6 is 0 Å². The van der Waals surface area contributed by atoms with Gasteiger partial charge in [0.2, 0.25) is 5.91 Å². The third kappa shape index (κ3) is 7.07. The Labute approximate surface area is 179 Å². The van der Waals surface area contributed by atoms with Gasteiger partial charge in [0.05, 0.1) is 24.4 Å². The number of nitrogens with zero attached hydrogens (tertiary/aromatic N) is 4. The van der Waals surface area contributed by atoms with Gasteiger partial charge in [0.15, 0.2) is 0 Å². The van der Waals surface area contributed by atoms with Gasteiger partial charge < -0.3 is 14.5 Å². The first-order valence-electron chi connectivity index (χ1n) is 10.8. The van der Waals surface area contributed by atoms with Gasteiger partial charge in [-0.2, -0.15) is 0 Å². The molecule has 1 fully saturated rings. The maximum Gasteiger partial charge on any atom is 0.310 e. The Bertz CT molecular complexity index is 720. The highest BCUT2D eigenvalue weighted by molar-refractivity contribution is 5.92. The second-order valence-electron chi connectivity index (χ2n) is 8.20. The Morgan fingerprint density at radius 2 is 2.00 bits per heavy atom. The Morgan fingerprint density at radius 1 is 1.23 bits per heavy atom. The molecule has 8 heteroatoms. The number of aryl methyl sites for hydroxylation is 1. The molecule has 0 radical (unpaired) electrons. The van der Waals surface area contributed by atoms with Crippen molar-refractivity contribution in [1.82, 2.24) is 19.8 Å². The lowest BCUT2D eigenvalue weighted by atomic mass is 9.98. The third-order valence-corrected chi connectivity index (χ3v) is 5.25. The molecule has 30 heavy (non-hydrogen) atoms. The van der Waals surface area contributed by atoms with E-state index in [9.17, 15) is 14.4 Å². The number of hydrogen-bond acceptors (Lipinski definition) is 6. The number of ether oxygens (including phenoxy) is 1. The number of rotatable bonds is 9. The molecular weight excluding hydrogens is 384 g/mol. The molecule has 2 amide bonds. The first-order chi connectivity index (χ1) is 14.3. The van der Waals surface area contributed by atoms with E-state index in [-0.39, 0.29) is 35.8 Å². The number of amides is 2. The topological polar surface area (TPSA) is 92.7 Å². The quantitative estimate of drug-likeness (QED) is 0.572. The van der Waals surface area contributed by atoms with Crippen LogP contribution in [0.4, 0.5) is 0 Å². The minimum Gasteiger partial charge on any atom is -0.466 e. The van der Waals surface area contributed by atoms with Crippen molar-refractivity contribution in [3.05, 3.63) is 23.8 Å². The van der Waals surface area contributed by atoms with Crippen LogP contribution in [0.15, 0.2) is 12.4 Å². The fourth-order valence-corrected chi connectivity index (χ4v) is 3.44. The van der Waals surface area contributed by atoms with Crippen molar-refractivity contribution in [2.75, 3.05) is 32.8 Å². The van der Waals surface area contributed by atoms with E-state index in [2.05, 4.69) is 23.8 Å². The Hall–Kier alpha value is -2.51. The summed E-state index contributed by atoms with van der Waals surface area (Å²) < 4.78 is 5.11. The maximum absolute atomic E-state index is 12.9. The minimum atomic E-state index is -0.260. The van der Waals surface area contributed by atoms with Gasteiger partial charge in [0.25, 0.3) is 5.91 Å². The highest BCUT2D eigenvalue weighted by Crippen LogP contribution is 2.19. The van der Waals surface area contributed by atoms with E-state index < -0.39 is 0 Å². The van der Waals surface area contributed by atoms with Gasteiger partial charge in [-0.1, -0.05) is 13.8 Å². The molecule has 1 unspecified atom stereocenters. The molecule has 1 aromatic heterocycles. The zero-order valence-corrected chi connectivity index (χ0v) is 18.6. The summed E-state index contributed by atoms with van der Waals surface area (Å²) >= 11 is 0. The summed E-state index contributed by atoms with van der Waals surface area (Å²) in [6.45, 7) is 10.1. The Morgan fingerprint density at radius 3 is 2.63 bits per heavy atom. The predicted octanol–water partition coefficient (Wildman–Crippen LogP) is 2.47. The van der Waals surface area contributed by atoms with E-state index >= 15 is 0 Å². The van der Waals surface area contributed by atoms with E-state index in [4.69, 9.17) is 4.74 Å². The zero-order chi connectivity index (χ0) is 22.1. The molecule has 0 aliphatic carbocycles. The van der Waals surface area contributed by atoms with Gasteiger partial charge in [-0.05, 0) is 39.0 Å². The summed E-state index contributed by atoms with van der Waals surface area (Å²) in [5.74, 6) is -0.307. The van der Waals surface area contributed by atoms with Crippen LogP contribution in [0.5, 0.6) is 0 Å². The van der Waals surface area contributed by atoms with Crippen molar-refractivity contribution in [3.63, 3.8) is 0 Å². The van der Waals surface area contributed by atoms with Gasteiger partial charge >= 0.3 is 5.97 Å². The van der Waals surface area contributed by atoms with Gasteiger partial charge in [-0.3, -0.25) is 19.4 Å². The van der Waals surface area contributed by atoms with E-state index in [1.165, 1.54) is 6.20 Å². The number of carbonyl (C=O) groups excluding carboxylic acids is 3. The zero-order valence-electron chi connectivity index (χ0n) is 18.6. The van der Waals surface area contributed by atoms with Crippen molar-refractivity contribution in [2.24, 2.45) is 11.8 Å². The maximum atomic E-state index is 12.9. The minimum absolute atomic E-state index is 0.0404. The lowest BCUT2D eigenvalue weighted by molar-refractivity contribution is -0.151. The molecule has 2 rings (SSSR count). The second kappa shape index (κ2) is 11.6. The lowest BCUT2D eigenvalue weighted by Crippen LogP contribution is -2.44. The average molecular weight is 419 g/mol. The molecule has 1 aliphatic heterocycles. The third-order valence-electron chi connectivity index (χ3n) is 5.25. The fourth-order valence-electron chi connectivity index (χ4n) is 3.44. The molecule has 1 atom stereocenters. The predicted molar refractivity (Wildman–Crippen MR) is 113 cm³/mol. The van der Waals surface area contributed by atoms with Crippen molar-refractivity contribution >= 4 is 17.8 Å². The molecule has 0 N–H and O–H groups in total. The van der Waals surface area contributed by atoms with Crippen LogP contribution in [0.1, 0.15) is 62.6 Å². The molecule has 1 aliphatic rings. The van der Waals surface area contributed by atoms with Crippen LogP contribution in [-0.2, 0) is 14.3 Å². The molecule has 0 spiro atoms. The van der Waals surface area contributed by atoms with Crippen molar-refractivity contribution in [3.8, 4) is 0 Å². The molecule has 8 nitrogen and oxygen atoms in total. The first-order valence-corrected chi connectivity index (χ1v) is 10.8. The van der Waals surface area contributed by atoms with Crippen LogP contribution in [0.3, 0.4) is 0 Å². The van der Waals surface area contributed by atoms with Crippen molar-refractivity contribution < 1.29 is 19.1 Å². The van der Waals surface area contributed by atoms with E-state index in [0.29, 0.717) is 38.7 Å². The Kier molecular flexibility index (Phi) is 9.20. The molecule has 1 saturated heterocycles. The summed E-state index contributed by atoms with van der Waals surface area (Å²) in [7, 11) is 0. The van der Waals surface area contributed by atoms with Gasteiger partial charge in [0, 0.05) is 38.8 Å². The average Bonchev–Trinajstić information content (AvgIpc) is 2.73. The molecule has 1 aromatic rings. The summed E-state index contributed by atoms with van der Waals surface area (Å²) in [6, 6.07) is 0. The fraction of sp³-hybridized carbons (Fsp3) is 0.682.